The van der Waals surface area contributed by atoms with Crippen LogP contribution in [-0.2, 0) is 15.3 Å². The lowest BCUT2D eigenvalue weighted by Crippen LogP contribution is -2.53. The molecule has 3 aromatic rings. The third-order valence-electron chi connectivity index (χ3n) is 5.39. The first-order chi connectivity index (χ1) is 14.6. The number of esters is 1. The molecule has 30 heavy (non-hydrogen) atoms. The van der Waals surface area contributed by atoms with Crippen LogP contribution >= 0.6 is 11.8 Å². The van der Waals surface area contributed by atoms with E-state index in [0.717, 1.165) is 34.8 Å². The second kappa shape index (κ2) is 8.92. The average molecular weight is 424 g/mol. The summed E-state index contributed by atoms with van der Waals surface area (Å²) in [4.78, 5) is 30.9. The van der Waals surface area contributed by atoms with Crippen molar-refractivity contribution in [3.8, 4) is 0 Å². The zero-order valence-electron chi connectivity index (χ0n) is 17.0. The molecule has 0 unspecified atom stereocenters. The van der Waals surface area contributed by atoms with Gasteiger partial charge in [-0.25, -0.2) is 9.78 Å². The van der Waals surface area contributed by atoms with Crippen LogP contribution in [0.25, 0.3) is 5.65 Å². The summed E-state index contributed by atoms with van der Waals surface area (Å²) in [5.41, 5.74) is 1.60. The summed E-state index contributed by atoms with van der Waals surface area (Å²) >= 11 is 1.67. The molecule has 1 fully saturated rings. The normalized spacial score (nSPS) is 15.2. The van der Waals surface area contributed by atoms with E-state index >= 15 is 0 Å². The van der Waals surface area contributed by atoms with E-state index in [9.17, 15) is 9.59 Å². The Kier molecular flexibility index (Phi) is 6.08. The number of imidazole rings is 1. The molecule has 1 saturated carbocycles. The molecular weight excluding hydrogens is 398 g/mol. The van der Waals surface area contributed by atoms with Crippen LogP contribution in [0.1, 0.15) is 48.7 Å². The molecule has 0 radical (unpaired) electrons. The number of carbonyl (C=O) groups excluding carboxylic acids is 2. The van der Waals surface area contributed by atoms with E-state index in [2.05, 4.69) is 10.3 Å². The molecule has 1 aromatic carbocycles. The number of hydrogen-bond donors (Lipinski definition) is 1. The molecule has 1 N–H and O–H groups in total. The van der Waals surface area contributed by atoms with Crippen molar-refractivity contribution in [3.63, 3.8) is 0 Å². The molecule has 1 aliphatic carbocycles. The smallest absolute Gasteiger partial charge is 0.331 e. The number of nitrogens with one attached hydrogen (secondary N) is 1. The van der Waals surface area contributed by atoms with Gasteiger partial charge in [0.15, 0.2) is 0 Å². The van der Waals surface area contributed by atoms with E-state index < -0.39 is 5.54 Å². The third kappa shape index (κ3) is 4.36. The van der Waals surface area contributed by atoms with Crippen molar-refractivity contribution in [2.45, 2.75) is 48.8 Å². The molecule has 2 aromatic heterocycles. The number of ether oxygens (including phenoxy) is 1. The molecule has 1 aliphatic rings. The van der Waals surface area contributed by atoms with Crippen LogP contribution in [0.15, 0.2) is 59.8 Å². The number of thioether (sulfide) groups is 1. The van der Waals surface area contributed by atoms with E-state index in [1.165, 1.54) is 0 Å². The van der Waals surface area contributed by atoms with Gasteiger partial charge in [0.25, 0.3) is 5.91 Å². The summed E-state index contributed by atoms with van der Waals surface area (Å²) in [5.74, 6) is 0.191. The highest BCUT2D eigenvalue weighted by Gasteiger charge is 2.43. The van der Waals surface area contributed by atoms with Crippen LogP contribution in [-0.4, -0.2) is 33.4 Å². The molecule has 0 spiro atoms. The van der Waals surface area contributed by atoms with Gasteiger partial charge in [0.2, 0.25) is 0 Å². The lowest BCUT2D eigenvalue weighted by atomic mass is 9.97. The molecule has 2 heterocycles. The number of hydrogen-bond acceptors (Lipinski definition) is 5. The largest absolute Gasteiger partial charge is 0.464 e. The number of aromatic nitrogens is 2. The van der Waals surface area contributed by atoms with Gasteiger partial charge in [0.05, 0.1) is 12.3 Å². The molecule has 156 valence electrons. The minimum absolute atomic E-state index is 0.234. The Morgan fingerprint density at radius 1 is 1.17 bits per heavy atom. The predicted molar refractivity (Wildman–Crippen MR) is 116 cm³/mol. The van der Waals surface area contributed by atoms with Crippen LogP contribution in [0.4, 0.5) is 0 Å². The Hall–Kier alpha value is -2.80. The van der Waals surface area contributed by atoms with E-state index in [0.29, 0.717) is 25.0 Å². The molecule has 0 saturated heterocycles. The van der Waals surface area contributed by atoms with Crippen LogP contribution in [0, 0.1) is 0 Å². The van der Waals surface area contributed by atoms with E-state index in [4.69, 9.17) is 4.74 Å². The predicted octanol–water partition coefficient (Wildman–Crippen LogP) is 4.23. The lowest BCUT2D eigenvalue weighted by molar-refractivity contribution is -0.150. The summed E-state index contributed by atoms with van der Waals surface area (Å²) in [7, 11) is 0. The van der Waals surface area contributed by atoms with Crippen LogP contribution in [0.3, 0.4) is 0 Å². The standard InChI is InChI=1S/C23H25N3O3S/c1-2-29-22(28)23(12-4-5-13-23)25-21(27)17-8-10-19(11-9-17)30-16-18-15-26-14-6-3-7-20(26)24-18/h3,6-11,14-15H,2,4-5,12-13,16H2,1H3,(H,25,27). The molecule has 0 aliphatic heterocycles. The highest BCUT2D eigenvalue weighted by atomic mass is 32.2. The fourth-order valence-corrected chi connectivity index (χ4v) is 4.62. The van der Waals surface area contributed by atoms with Gasteiger partial charge >= 0.3 is 5.97 Å². The second-order valence-corrected chi connectivity index (χ2v) is 8.52. The van der Waals surface area contributed by atoms with Crippen molar-refractivity contribution in [2.24, 2.45) is 0 Å². The molecule has 4 rings (SSSR count). The van der Waals surface area contributed by atoms with Gasteiger partial charge in [-0.2, -0.15) is 0 Å². The first kappa shape index (κ1) is 20.5. The van der Waals surface area contributed by atoms with Crippen molar-refractivity contribution in [2.75, 3.05) is 6.61 Å². The van der Waals surface area contributed by atoms with Crippen LogP contribution in [0.5, 0.6) is 0 Å². The van der Waals surface area contributed by atoms with Gasteiger partial charge in [0.1, 0.15) is 11.2 Å². The maximum atomic E-state index is 12.8. The summed E-state index contributed by atoms with van der Waals surface area (Å²) < 4.78 is 7.22. The van der Waals surface area contributed by atoms with Crippen molar-refractivity contribution >= 4 is 29.3 Å². The van der Waals surface area contributed by atoms with Gasteiger partial charge in [0, 0.05) is 28.6 Å². The molecule has 6 nitrogen and oxygen atoms in total. The van der Waals surface area contributed by atoms with Gasteiger partial charge in [-0.15, -0.1) is 11.8 Å². The summed E-state index contributed by atoms with van der Waals surface area (Å²) in [5, 5.41) is 2.95. The summed E-state index contributed by atoms with van der Waals surface area (Å²) in [6.45, 7) is 2.10. The summed E-state index contributed by atoms with van der Waals surface area (Å²) in [6.07, 6.45) is 7.10. The Bertz CT molecular complexity index is 1010. The van der Waals surface area contributed by atoms with Gasteiger partial charge < -0.3 is 14.5 Å². The van der Waals surface area contributed by atoms with E-state index in [1.807, 2.05) is 47.1 Å². The van der Waals surface area contributed by atoms with Gasteiger partial charge in [-0.3, -0.25) is 4.79 Å². The number of pyridine rings is 1. The summed E-state index contributed by atoms with van der Waals surface area (Å²) in [6, 6.07) is 13.4. The topological polar surface area (TPSA) is 72.7 Å². The highest BCUT2D eigenvalue weighted by molar-refractivity contribution is 7.98. The maximum Gasteiger partial charge on any atom is 0.331 e. The number of fused-ring (bicyclic) bond motifs is 1. The molecule has 7 heteroatoms. The van der Waals surface area contributed by atoms with Crippen LogP contribution in [0.2, 0.25) is 0 Å². The van der Waals surface area contributed by atoms with Crippen molar-refractivity contribution < 1.29 is 14.3 Å². The Balaban J connectivity index is 1.38. The minimum Gasteiger partial charge on any atom is -0.464 e. The number of amides is 1. The average Bonchev–Trinajstić information content (AvgIpc) is 3.40. The monoisotopic (exact) mass is 423 g/mol. The van der Waals surface area contributed by atoms with Gasteiger partial charge in [-0.1, -0.05) is 18.9 Å². The van der Waals surface area contributed by atoms with E-state index in [-0.39, 0.29) is 11.9 Å². The lowest BCUT2D eigenvalue weighted by Gasteiger charge is -2.27. The highest BCUT2D eigenvalue weighted by Crippen LogP contribution is 2.31. The molecular formula is C23H25N3O3S. The van der Waals surface area contributed by atoms with Crippen molar-refractivity contribution in [3.05, 3.63) is 66.1 Å². The zero-order valence-corrected chi connectivity index (χ0v) is 17.8. The van der Waals surface area contributed by atoms with Crippen LogP contribution < -0.4 is 5.32 Å². The number of rotatable bonds is 7. The number of nitrogens with zero attached hydrogens (tertiary/aromatic N) is 2. The number of benzene rings is 1. The Morgan fingerprint density at radius 2 is 1.93 bits per heavy atom. The van der Waals surface area contributed by atoms with Crippen molar-refractivity contribution in [1.29, 1.82) is 0 Å². The fraction of sp³-hybridized carbons (Fsp3) is 0.348. The number of carbonyl (C=O) groups is 2. The minimum atomic E-state index is -0.885. The molecule has 0 bridgehead atoms. The van der Waals surface area contributed by atoms with E-state index in [1.54, 1.807) is 30.8 Å². The zero-order chi connectivity index (χ0) is 21.0. The van der Waals surface area contributed by atoms with Gasteiger partial charge in [-0.05, 0) is 56.2 Å². The Morgan fingerprint density at radius 3 is 2.63 bits per heavy atom. The first-order valence-electron chi connectivity index (χ1n) is 10.2. The quantitative estimate of drug-likeness (QED) is 0.455. The second-order valence-electron chi connectivity index (χ2n) is 7.48. The SMILES string of the molecule is CCOC(=O)C1(NC(=O)c2ccc(SCc3cn4ccccc4n3)cc2)CCCC1. The first-order valence-corrected chi connectivity index (χ1v) is 11.2. The molecule has 1 amide bonds. The van der Waals surface area contributed by atoms with Crippen molar-refractivity contribution in [1.82, 2.24) is 14.7 Å². The third-order valence-corrected chi connectivity index (χ3v) is 6.44. The maximum absolute atomic E-state index is 12.8. The molecule has 0 atom stereocenters. The Labute approximate surface area is 180 Å². The fourth-order valence-electron chi connectivity index (χ4n) is 3.83.